The second-order valence-corrected chi connectivity index (χ2v) is 8.76. The van der Waals surface area contributed by atoms with Crippen LogP contribution in [0.1, 0.15) is 65.0 Å². The minimum absolute atomic E-state index is 0.0466. The van der Waals surface area contributed by atoms with Crippen molar-refractivity contribution in [3.63, 3.8) is 0 Å². The number of ether oxygens (including phenoxy) is 3. The van der Waals surface area contributed by atoms with Crippen molar-refractivity contribution in [2.24, 2.45) is 0 Å². The molecule has 2 atom stereocenters. The quantitative estimate of drug-likeness (QED) is 0.368. The van der Waals surface area contributed by atoms with Crippen molar-refractivity contribution >= 4 is 11.8 Å². The summed E-state index contributed by atoms with van der Waals surface area (Å²) in [6.45, 7) is 11.2. The molecule has 0 heterocycles. The number of aryl methyl sites for hydroxylation is 1. The van der Waals surface area contributed by atoms with Crippen LogP contribution in [0.25, 0.3) is 0 Å². The fourth-order valence-corrected chi connectivity index (χ4v) is 3.93. The summed E-state index contributed by atoms with van der Waals surface area (Å²) in [5.74, 6) is 1.94. The number of hydrogen-bond acceptors (Lipinski definition) is 5. The van der Waals surface area contributed by atoms with Gasteiger partial charge in [0.25, 0.3) is 0 Å². The van der Waals surface area contributed by atoms with Crippen molar-refractivity contribution in [3.8, 4) is 17.2 Å². The first-order chi connectivity index (χ1) is 17.4. The normalized spacial score (nSPS) is 12.4. The van der Waals surface area contributed by atoms with Crippen LogP contribution >= 0.6 is 0 Å². The van der Waals surface area contributed by atoms with Crippen LogP contribution in [0.4, 0.5) is 0 Å². The third kappa shape index (κ3) is 8.47. The van der Waals surface area contributed by atoms with E-state index in [2.05, 4.69) is 5.32 Å². The summed E-state index contributed by atoms with van der Waals surface area (Å²) in [7, 11) is 1.62. The van der Waals surface area contributed by atoms with Gasteiger partial charge in [-0.25, -0.2) is 0 Å². The van der Waals surface area contributed by atoms with E-state index in [1.165, 1.54) is 0 Å². The van der Waals surface area contributed by atoms with Crippen molar-refractivity contribution < 1.29 is 23.8 Å². The fraction of sp³-hybridized carbons (Fsp3) is 0.517. The summed E-state index contributed by atoms with van der Waals surface area (Å²) in [5.41, 5.74) is 1.93. The van der Waals surface area contributed by atoms with Gasteiger partial charge in [0.05, 0.1) is 20.3 Å². The highest BCUT2D eigenvalue weighted by atomic mass is 16.5. The first-order valence-electron chi connectivity index (χ1n) is 13.0. The van der Waals surface area contributed by atoms with Crippen molar-refractivity contribution in [2.45, 2.75) is 78.9 Å². The lowest BCUT2D eigenvalue weighted by Gasteiger charge is -2.31. The number of carbonyl (C=O) groups is 2. The monoisotopic (exact) mass is 498 g/mol. The van der Waals surface area contributed by atoms with Gasteiger partial charge in [0, 0.05) is 19.0 Å². The lowest BCUT2D eigenvalue weighted by molar-refractivity contribution is -0.141. The van der Waals surface area contributed by atoms with E-state index >= 15 is 0 Å². The number of benzene rings is 2. The Labute approximate surface area is 216 Å². The Kier molecular flexibility index (Phi) is 12.1. The molecule has 1 N–H and O–H groups in total. The average molecular weight is 499 g/mol. The third-order valence-electron chi connectivity index (χ3n) is 6.13. The molecule has 0 aromatic heterocycles. The molecule has 0 saturated heterocycles. The number of hydrogen-bond donors (Lipinski definition) is 1. The second-order valence-electron chi connectivity index (χ2n) is 8.76. The number of nitrogens with zero attached hydrogens (tertiary/aromatic N) is 1. The van der Waals surface area contributed by atoms with Gasteiger partial charge in [-0.2, -0.15) is 0 Å². The largest absolute Gasteiger partial charge is 0.497 e. The molecule has 2 aromatic rings. The number of nitrogens with one attached hydrogen (secondary N) is 1. The van der Waals surface area contributed by atoms with Gasteiger partial charge in [0.1, 0.15) is 11.8 Å². The second kappa shape index (κ2) is 15.0. The fourth-order valence-electron chi connectivity index (χ4n) is 3.93. The Hall–Kier alpha value is -3.22. The number of amides is 2. The van der Waals surface area contributed by atoms with Crippen LogP contribution in [0.3, 0.4) is 0 Å². The first-order valence-corrected chi connectivity index (χ1v) is 13.0. The van der Waals surface area contributed by atoms with E-state index in [9.17, 15) is 9.59 Å². The Morgan fingerprint density at radius 1 is 0.889 bits per heavy atom. The molecule has 0 saturated carbocycles. The van der Waals surface area contributed by atoms with Crippen LogP contribution in [0, 0.1) is 0 Å². The summed E-state index contributed by atoms with van der Waals surface area (Å²) >= 11 is 0. The van der Waals surface area contributed by atoms with E-state index in [0.717, 1.165) is 23.3 Å². The topological polar surface area (TPSA) is 77.1 Å². The molecule has 2 amide bonds. The van der Waals surface area contributed by atoms with Gasteiger partial charge in [0.15, 0.2) is 11.5 Å². The minimum Gasteiger partial charge on any atom is -0.497 e. The Morgan fingerprint density at radius 3 is 2.11 bits per heavy atom. The zero-order valence-corrected chi connectivity index (χ0v) is 22.6. The standard InChI is InChI=1S/C29H42N2O5/c1-7-21(5)30-29(33)25(8-2)31(20-23-11-15-24(34-6)16-12-23)28(32)18-14-22-13-17-26(35-9-3)27(19-22)36-10-4/h11-13,15-17,19,21,25H,7-10,14,18,20H2,1-6H3,(H,30,33)/t21-,25-/m0/s1. The maximum atomic E-state index is 13.5. The van der Waals surface area contributed by atoms with Crippen LogP contribution < -0.4 is 19.5 Å². The highest BCUT2D eigenvalue weighted by molar-refractivity contribution is 5.88. The summed E-state index contributed by atoms with van der Waals surface area (Å²) < 4.78 is 16.6. The van der Waals surface area contributed by atoms with Crippen LogP contribution in [0.2, 0.25) is 0 Å². The van der Waals surface area contributed by atoms with Crippen LogP contribution in [-0.4, -0.2) is 49.1 Å². The molecule has 0 aliphatic carbocycles. The third-order valence-corrected chi connectivity index (χ3v) is 6.13. The zero-order chi connectivity index (χ0) is 26.5. The number of carbonyl (C=O) groups excluding carboxylic acids is 2. The molecule has 198 valence electrons. The molecule has 0 radical (unpaired) electrons. The van der Waals surface area contributed by atoms with Crippen LogP contribution in [0.15, 0.2) is 42.5 Å². The predicted molar refractivity (Wildman–Crippen MR) is 143 cm³/mol. The predicted octanol–water partition coefficient (Wildman–Crippen LogP) is 5.15. The lowest BCUT2D eigenvalue weighted by Crippen LogP contribution is -2.50. The molecule has 7 nitrogen and oxygen atoms in total. The SMILES string of the molecule is CCOc1ccc(CCC(=O)N(Cc2ccc(OC)cc2)[C@@H](CC)C(=O)N[C@@H](C)CC)cc1OCC. The van der Waals surface area contributed by atoms with Gasteiger partial charge in [-0.3, -0.25) is 9.59 Å². The first kappa shape index (κ1) is 29.0. The van der Waals surface area contributed by atoms with Gasteiger partial charge in [0.2, 0.25) is 11.8 Å². The molecule has 0 fully saturated rings. The van der Waals surface area contributed by atoms with Crippen LogP contribution in [0.5, 0.6) is 17.2 Å². The molecule has 2 rings (SSSR count). The molecule has 0 spiro atoms. The van der Waals surface area contributed by atoms with Gasteiger partial charge in [-0.1, -0.05) is 32.0 Å². The molecule has 36 heavy (non-hydrogen) atoms. The van der Waals surface area contributed by atoms with E-state index in [1.807, 2.05) is 77.1 Å². The highest BCUT2D eigenvalue weighted by Gasteiger charge is 2.29. The molecule has 0 bridgehead atoms. The Morgan fingerprint density at radius 2 is 1.53 bits per heavy atom. The highest BCUT2D eigenvalue weighted by Crippen LogP contribution is 2.29. The summed E-state index contributed by atoms with van der Waals surface area (Å²) in [5, 5.41) is 3.05. The summed E-state index contributed by atoms with van der Waals surface area (Å²) in [6.07, 6.45) is 2.17. The maximum Gasteiger partial charge on any atom is 0.243 e. The molecule has 2 aromatic carbocycles. The smallest absolute Gasteiger partial charge is 0.243 e. The van der Waals surface area contributed by atoms with Gasteiger partial charge >= 0.3 is 0 Å². The van der Waals surface area contributed by atoms with E-state index < -0.39 is 6.04 Å². The van der Waals surface area contributed by atoms with Crippen molar-refractivity contribution in [2.75, 3.05) is 20.3 Å². The molecule has 0 unspecified atom stereocenters. The molecule has 0 aliphatic heterocycles. The molecular weight excluding hydrogens is 456 g/mol. The van der Waals surface area contributed by atoms with E-state index in [-0.39, 0.29) is 24.3 Å². The minimum atomic E-state index is -0.548. The maximum absolute atomic E-state index is 13.5. The van der Waals surface area contributed by atoms with Crippen molar-refractivity contribution in [1.29, 1.82) is 0 Å². The van der Waals surface area contributed by atoms with Gasteiger partial charge in [-0.15, -0.1) is 0 Å². The van der Waals surface area contributed by atoms with Crippen molar-refractivity contribution in [1.82, 2.24) is 10.2 Å². The summed E-state index contributed by atoms with van der Waals surface area (Å²) in [6, 6.07) is 12.9. The zero-order valence-electron chi connectivity index (χ0n) is 22.6. The molecule has 0 aliphatic rings. The van der Waals surface area contributed by atoms with Crippen LogP contribution in [-0.2, 0) is 22.6 Å². The molecule has 7 heteroatoms. The number of methoxy groups -OCH3 is 1. The lowest BCUT2D eigenvalue weighted by atomic mass is 10.0. The van der Waals surface area contributed by atoms with E-state index in [4.69, 9.17) is 14.2 Å². The van der Waals surface area contributed by atoms with Gasteiger partial charge in [-0.05, 0) is 75.4 Å². The van der Waals surface area contributed by atoms with Gasteiger partial charge < -0.3 is 24.4 Å². The Bertz CT molecular complexity index is 961. The molecular formula is C29H42N2O5. The van der Waals surface area contributed by atoms with Crippen molar-refractivity contribution in [3.05, 3.63) is 53.6 Å². The Balaban J connectivity index is 2.24. The number of rotatable bonds is 15. The average Bonchev–Trinajstić information content (AvgIpc) is 2.89. The van der Waals surface area contributed by atoms with E-state index in [0.29, 0.717) is 44.1 Å². The van der Waals surface area contributed by atoms with E-state index in [1.54, 1.807) is 12.0 Å². The summed E-state index contributed by atoms with van der Waals surface area (Å²) in [4.78, 5) is 28.4.